The standard InChI is InChI=1S/C13H16O3/c1-10-6-2-5-9-12(10)15-16-13(14)11-7-3-4-8-11/h2,5-6,9,11H,3-4,7-8H2,1H3. The molecule has 0 aromatic heterocycles. The second-order valence-electron chi connectivity index (χ2n) is 4.23. The van der Waals surface area contributed by atoms with E-state index < -0.39 is 0 Å². The molecular weight excluding hydrogens is 204 g/mol. The molecule has 1 fully saturated rings. The molecule has 1 saturated carbocycles. The summed E-state index contributed by atoms with van der Waals surface area (Å²) in [6.07, 6.45) is 4.08. The molecule has 3 nitrogen and oxygen atoms in total. The van der Waals surface area contributed by atoms with E-state index in [0.29, 0.717) is 5.75 Å². The molecule has 0 radical (unpaired) electrons. The van der Waals surface area contributed by atoms with E-state index in [0.717, 1.165) is 31.2 Å². The minimum Gasteiger partial charge on any atom is -0.287 e. The topological polar surface area (TPSA) is 35.5 Å². The van der Waals surface area contributed by atoms with Gasteiger partial charge >= 0.3 is 5.97 Å². The Bertz CT molecular complexity index is 367. The van der Waals surface area contributed by atoms with Crippen LogP contribution in [-0.2, 0) is 9.68 Å². The molecule has 0 bridgehead atoms. The van der Waals surface area contributed by atoms with Gasteiger partial charge in [0.1, 0.15) is 0 Å². The number of para-hydroxylation sites is 1. The van der Waals surface area contributed by atoms with Crippen LogP contribution in [0.3, 0.4) is 0 Å². The Balaban J connectivity index is 1.87. The van der Waals surface area contributed by atoms with E-state index in [2.05, 4.69) is 0 Å². The van der Waals surface area contributed by atoms with Crippen LogP contribution in [0.2, 0.25) is 0 Å². The van der Waals surface area contributed by atoms with Gasteiger partial charge in [0.15, 0.2) is 5.75 Å². The van der Waals surface area contributed by atoms with Crippen LogP contribution in [0.15, 0.2) is 24.3 Å². The summed E-state index contributed by atoms with van der Waals surface area (Å²) in [6, 6.07) is 7.47. The molecule has 16 heavy (non-hydrogen) atoms. The molecule has 1 aromatic carbocycles. The maximum atomic E-state index is 11.6. The van der Waals surface area contributed by atoms with Gasteiger partial charge in [-0.1, -0.05) is 31.0 Å². The number of benzene rings is 1. The SMILES string of the molecule is Cc1ccccc1OOC(=O)C1CCCC1. The smallest absolute Gasteiger partial charge is 0.287 e. The average molecular weight is 220 g/mol. The van der Waals surface area contributed by atoms with Crippen LogP contribution in [-0.4, -0.2) is 5.97 Å². The average Bonchev–Trinajstić information content (AvgIpc) is 2.81. The summed E-state index contributed by atoms with van der Waals surface area (Å²) in [5.41, 5.74) is 0.960. The summed E-state index contributed by atoms with van der Waals surface area (Å²) in [4.78, 5) is 21.5. The lowest BCUT2D eigenvalue weighted by Gasteiger charge is -2.09. The molecular formula is C13H16O3. The molecule has 2 rings (SSSR count). The van der Waals surface area contributed by atoms with Crippen molar-refractivity contribution in [2.45, 2.75) is 32.6 Å². The highest BCUT2D eigenvalue weighted by Crippen LogP contribution is 2.26. The van der Waals surface area contributed by atoms with Gasteiger partial charge in [-0.05, 0) is 31.4 Å². The highest BCUT2D eigenvalue weighted by atomic mass is 17.2. The highest BCUT2D eigenvalue weighted by molar-refractivity contribution is 5.72. The third-order valence-electron chi connectivity index (χ3n) is 3.00. The lowest BCUT2D eigenvalue weighted by atomic mass is 10.1. The summed E-state index contributed by atoms with van der Waals surface area (Å²) in [5, 5.41) is 0. The first-order valence-corrected chi connectivity index (χ1v) is 5.71. The first-order chi connectivity index (χ1) is 7.77. The summed E-state index contributed by atoms with van der Waals surface area (Å²) < 4.78 is 0. The molecule has 1 aliphatic carbocycles. The fraction of sp³-hybridized carbons (Fsp3) is 0.462. The van der Waals surface area contributed by atoms with E-state index in [1.165, 1.54) is 0 Å². The van der Waals surface area contributed by atoms with Crippen molar-refractivity contribution in [2.75, 3.05) is 0 Å². The Hall–Kier alpha value is -1.51. The van der Waals surface area contributed by atoms with E-state index >= 15 is 0 Å². The molecule has 1 aliphatic rings. The second-order valence-corrected chi connectivity index (χ2v) is 4.23. The monoisotopic (exact) mass is 220 g/mol. The van der Waals surface area contributed by atoms with Crippen LogP contribution in [0, 0.1) is 12.8 Å². The third kappa shape index (κ3) is 2.54. The molecule has 0 heterocycles. The normalized spacial score (nSPS) is 16.1. The van der Waals surface area contributed by atoms with Gasteiger partial charge in [0.25, 0.3) is 0 Å². The van der Waals surface area contributed by atoms with Crippen molar-refractivity contribution in [3.05, 3.63) is 29.8 Å². The van der Waals surface area contributed by atoms with Crippen LogP contribution in [0.1, 0.15) is 31.2 Å². The summed E-state index contributed by atoms with van der Waals surface area (Å²) in [5.74, 6) is 0.401. The van der Waals surface area contributed by atoms with E-state index in [1.807, 2.05) is 25.1 Å². The van der Waals surface area contributed by atoms with E-state index in [9.17, 15) is 4.79 Å². The largest absolute Gasteiger partial charge is 0.358 e. The zero-order chi connectivity index (χ0) is 11.4. The predicted molar refractivity (Wildman–Crippen MR) is 59.9 cm³/mol. The van der Waals surface area contributed by atoms with Crippen molar-refractivity contribution in [2.24, 2.45) is 5.92 Å². The minimum atomic E-state index is -0.235. The Morgan fingerprint density at radius 1 is 1.25 bits per heavy atom. The molecule has 1 aromatic rings. The van der Waals surface area contributed by atoms with Gasteiger partial charge in [0.05, 0.1) is 5.92 Å². The minimum absolute atomic E-state index is 0.0315. The van der Waals surface area contributed by atoms with Gasteiger partial charge in [0.2, 0.25) is 0 Å². The quantitative estimate of drug-likeness (QED) is 0.580. The summed E-state index contributed by atoms with van der Waals surface area (Å²) in [6.45, 7) is 1.92. The predicted octanol–water partition coefficient (Wildman–Crippen LogP) is 3.02. The molecule has 0 unspecified atom stereocenters. The summed E-state index contributed by atoms with van der Waals surface area (Å²) in [7, 11) is 0. The van der Waals surface area contributed by atoms with Gasteiger partial charge < -0.3 is 0 Å². The van der Waals surface area contributed by atoms with Crippen molar-refractivity contribution in [3.63, 3.8) is 0 Å². The first-order valence-electron chi connectivity index (χ1n) is 5.71. The van der Waals surface area contributed by atoms with Crippen LogP contribution < -0.4 is 4.89 Å². The van der Waals surface area contributed by atoms with Gasteiger partial charge in [-0.25, -0.2) is 4.79 Å². The van der Waals surface area contributed by atoms with Crippen molar-refractivity contribution in [1.82, 2.24) is 0 Å². The van der Waals surface area contributed by atoms with E-state index in [4.69, 9.17) is 9.78 Å². The lowest BCUT2D eigenvalue weighted by molar-refractivity contribution is -0.218. The van der Waals surface area contributed by atoms with Gasteiger partial charge in [-0.15, -0.1) is 0 Å². The van der Waals surface area contributed by atoms with E-state index in [-0.39, 0.29) is 11.9 Å². The van der Waals surface area contributed by atoms with Crippen LogP contribution >= 0.6 is 0 Å². The first kappa shape index (κ1) is 11.0. The van der Waals surface area contributed by atoms with Crippen molar-refractivity contribution < 1.29 is 14.6 Å². The van der Waals surface area contributed by atoms with Crippen molar-refractivity contribution >= 4 is 5.97 Å². The maximum absolute atomic E-state index is 11.6. The molecule has 0 N–H and O–H groups in total. The summed E-state index contributed by atoms with van der Waals surface area (Å²) >= 11 is 0. The van der Waals surface area contributed by atoms with Gasteiger partial charge in [0, 0.05) is 0 Å². The zero-order valence-corrected chi connectivity index (χ0v) is 9.44. The van der Waals surface area contributed by atoms with Crippen molar-refractivity contribution in [1.29, 1.82) is 0 Å². The van der Waals surface area contributed by atoms with Crippen LogP contribution in [0.5, 0.6) is 5.75 Å². The van der Waals surface area contributed by atoms with Crippen LogP contribution in [0.25, 0.3) is 0 Å². The Kier molecular flexibility index (Phi) is 3.44. The Labute approximate surface area is 95.3 Å². The zero-order valence-electron chi connectivity index (χ0n) is 9.44. The third-order valence-corrected chi connectivity index (χ3v) is 3.00. The molecule has 3 heteroatoms. The number of aryl methyl sites for hydroxylation is 1. The van der Waals surface area contributed by atoms with E-state index in [1.54, 1.807) is 6.07 Å². The fourth-order valence-corrected chi connectivity index (χ4v) is 1.97. The molecule has 0 saturated heterocycles. The van der Waals surface area contributed by atoms with Gasteiger partial charge in [-0.3, -0.25) is 9.78 Å². The van der Waals surface area contributed by atoms with Gasteiger partial charge in [-0.2, -0.15) is 0 Å². The molecule has 86 valence electrons. The molecule has 0 atom stereocenters. The molecule has 0 aliphatic heterocycles. The Morgan fingerprint density at radius 3 is 2.62 bits per heavy atom. The number of hydrogen-bond acceptors (Lipinski definition) is 3. The number of hydrogen-bond donors (Lipinski definition) is 0. The van der Waals surface area contributed by atoms with Crippen LogP contribution in [0.4, 0.5) is 0 Å². The molecule has 0 spiro atoms. The highest BCUT2D eigenvalue weighted by Gasteiger charge is 2.25. The second kappa shape index (κ2) is 5.01. The fourth-order valence-electron chi connectivity index (χ4n) is 1.97. The number of carbonyl (C=O) groups is 1. The van der Waals surface area contributed by atoms with Crippen molar-refractivity contribution in [3.8, 4) is 5.75 Å². The Morgan fingerprint density at radius 2 is 1.94 bits per heavy atom. The maximum Gasteiger partial charge on any atom is 0.358 e. The molecule has 0 amide bonds. The number of rotatable bonds is 3. The lowest BCUT2D eigenvalue weighted by Crippen LogP contribution is -2.16. The number of carbonyl (C=O) groups excluding carboxylic acids is 1.